The molecule has 0 bridgehead atoms. The highest BCUT2D eigenvalue weighted by atomic mass is 19.1. The standard InChI is InChI=1S/C29H28FN5O/c30-23-5-7-24(8-6-23)35-26-16-20-3-1-4-22-17-28(36,11-12-31)9-10-29(22,18-27-32-13-2-14-33-27)25(20)15-21(26)19-34-35/h2,5-8,13-16,19,22,36H,1,3-4,9-11,17-18H2/t22-,28-,29-/m1/s1. The summed E-state index contributed by atoms with van der Waals surface area (Å²) in [5.41, 5.74) is 3.24. The van der Waals surface area contributed by atoms with Crippen LogP contribution in [-0.2, 0) is 18.3 Å². The van der Waals surface area contributed by atoms with E-state index in [1.807, 2.05) is 16.9 Å². The van der Waals surface area contributed by atoms with Gasteiger partial charge in [0.25, 0.3) is 0 Å². The summed E-state index contributed by atoms with van der Waals surface area (Å²) in [5.74, 6) is 0.760. The van der Waals surface area contributed by atoms with Crippen LogP contribution in [0.15, 0.2) is 61.1 Å². The van der Waals surface area contributed by atoms with Gasteiger partial charge in [0.1, 0.15) is 11.6 Å². The summed E-state index contributed by atoms with van der Waals surface area (Å²) in [6.45, 7) is 0. The average Bonchev–Trinajstić information content (AvgIpc) is 3.23. The molecule has 2 aliphatic carbocycles. The van der Waals surface area contributed by atoms with Crippen LogP contribution in [0.4, 0.5) is 4.39 Å². The van der Waals surface area contributed by atoms with Gasteiger partial charge in [-0.2, -0.15) is 10.4 Å². The van der Waals surface area contributed by atoms with Gasteiger partial charge in [-0.25, -0.2) is 19.0 Å². The fraction of sp³-hybridized carbons (Fsp3) is 0.379. The summed E-state index contributed by atoms with van der Waals surface area (Å²) < 4.78 is 15.4. The number of aromatic nitrogens is 4. The molecule has 1 N–H and O–H groups in total. The summed E-state index contributed by atoms with van der Waals surface area (Å²) in [7, 11) is 0. The molecule has 0 unspecified atom stereocenters. The third kappa shape index (κ3) is 3.86. The zero-order valence-corrected chi connectivity index (χ0v) is 20.1. The summed E-state index contributed by atoms with van der Waals surface area (Å²) in [6.07, 6.45) is 11.2. The van der Waals surface area contributed by atoms with Crippen LogP contribution < -0.4 is 0 Å². The van der Waals surface area contributed by atoms with Crippen molar-refractivity contribution in [2.75, 3.05) is 0 Å². The van der Waals surface area contributed by atoms with Gasteiger partial charge < -0.3 is 5.11 Å². The van der Waals surface area contributed by atoms with Gasteiger partial charge in [-0.15, -0.1) is 0 Å². The largest absolute Gasteiger partial charge is 0.389 e. The van der Waals surface area contributed by atoms with Gasteiger partial charge in [0.15, 0.2) is 0 Å². The van der Waals surface area contributed by atoms with E-state index >= 15 is 0 Å². The Morgan fingerprint density at radius 1 is 1.14 bits per heavy atom. The number of fused-ring (bicyclic) bond motifs is 4. The molecule has 6 rings (SSSR count). The molecule has 6 nitrogen and oxygen atoms in total. The number of rotatable bonds is 4. The summed E-state index contributed by atoms with van der Waals surface area (Å²) in [4.78, 5) is 9.15. The van der Waals surface area contributed by atoms with Crippen LogP contribution in [0.25, 0.3) is 16.6 Å². The van der Waals surface area contributed by atoms with Crippen molar-refractivity contribution in [1.82, 2.24) is 19.7 Å². The first-order chi connectivity index (χ1) is 17.5. The van der Waals surface area contributed by atoms with E-state index in [1.54, 1.807) is 24.5 Å². The van der Waals surface area contributed by atoms with Crippen molar-refractivity contribution in [2.24, 2.45) is 5.92 Å². The van der Waals surface area contributed by atoms with Crippen molar-refractivity contribution < 1.29 is 9.50 Å². The molecule has 0 aliphatic heterocycles. The second-order valence-electron chi connectivity index (χ2n) is 10.5. The lowest BCUT2D eigenvalue weighted by molar-refractivity contribution is -0.0441. The Morgan fingerprint density at radius 2 is 1.94 bits per heavy atom. The average molecular weight is 482 g/mol. The number of hydrogen-bond acceptors (Lipinski definition) is 5. The number of benzene rings is 2. The minimum Gasteiger partial charge on any atom is -0.389 e. The lowest BCUT2D eigenvalue weighted by Gasteiger charge is -2.49. The monoisotopic (exact) mass is 481 g/mol. The summed E-state index contributed by atoms with van der Waals surface area (Å²) in [5, 5.41) is 26.3. The Balaban J connectivity index is 1.50. The van der Waals surface area contributed by atoms with E-state index in [0.717, 1.165) is 48.1 Å². The second-order valence-corrected chi connectivity index (χ2v) is 10.5. The maximum absolute atomic E-state index is 13.5. The molecule has 2 aromatic carbocycles. The van der Waals surface area contributed by atoms with Crippen LogP contribution in [0.2, 0.25) is 0 Å². The Bertz CT molecular complexity index is 1440. The molecule has 4 aromatic rings. The van der Waals surface area contributed by atoms with Crippen LogP contribution in [0.1, 0.15) is 55.5 Å². The van der Waals surface area contributed by atoms with E-state index in [1.165, 1.54) is 23.3 Å². The molecule has 182 valence electrons. The zero-order chi connectivity index (χ0) is 24.8. The molecule has 3 atom stereocenters. The van der Waals surface area contributed by atoms with Crippen LogP contribution in [-0.4, -0.2) is 30.5 Å². The maximum atomic E-state index is 13.5. The van der Waals surface area contributed by atoms with Crippen LogP contribution >= 0.6 is 0 Å². The Labute approximate surface area is 209 Å². The molecule has 0 radical (unpaired) electrons. The lowest BCUT2D eigenvalue weighted by Crippen LogP contribution is -2.49. The van der Waals surface area contributed by atoms with Gasteiger partial charge in [-0.3, -0.25) is 0 Å². The zero-order valence-electron chi connectivity index (χ0n) is 20.1. The molecule has 36 heavy (non-hydrogen) atoms. The quantitative estimate of drug-likeness (QED) is 0.432. The number of aliphatic hydroxyl groups is 1. The van der Waals surface area contributed by atoms with Gasteiger partial charge >= 0.3 is 0 Å². The van der Waals surface area contributed by atoms with Crippen molar-refractivity contribution in [2.45, 2.75) is 62.4 Å². The minimum atomic E-state index is -0.942. The molecule has 0 spiro atoms. The molecule has 0 saturated heterocycles. The van der Waals surface area contributed by atoms with Gasteiger partial charge in [0.2, 0.25) is 0 Å². The topological polar surface area (TPSA) is 87.6 Å². The number of nitrogens with zero attached hydrogens (tertiary/aromatic N) is 5. The molecular formula is C29H28FN5O. The van der Waals surface area contributed by atoms with E-state index in [2.05, 4.69) is 33.3 Å². The molecule has 1 fully saturated rings. The molecule has 2 aromatic heterocycles. The molecule has 0 amide bonds. The van der Waals surface area contributed by atoms with Gasteiger partial charge in [0.05, 0.1) is 35.5 Å². The van der Waals surface area contributed by atoms with Crippen LogP contribution in [0, 0.1) is 23.1 Å². The van der Waals surface area contributed by atoms with Crippen molar-refractivity contribution >= 4 is 10.9 Å². The lowest BCUT2D eigenvalue weighted by atomic mass is 9.56. The number of aryl methyl sites for hydroxylation is 1. The van der Waals surface area contributed by atoms with Crippen molar-refractivity contribution in [3.05, 3.63) is 83.8 Å². The molecule has 2 aliphatic rings. The fourth-order valence-electron chi connectivity index (χ4n) is 6.60. The SMILES string of the molecule is N#CC[C@]1(O)CC[C@]2(Cc3ncccn3)c3cc4cnn(-c5ccc(F)cc5)c4cc3CCC[C@@H]2C1. The van der Waals surface area contributed by atoms with Crippen molar-refractivity contribution in [3.8, 4) is 11.8 Å². The second kappa shape index (κ2) is 8.79. The smallest absolute Gasteiger partial charge is 0.129 e. The molecule has 2 heterocycles. The Morgan fingerprint density at radius 3 is 2.72 bits per heavy atom. The van der Waals surface area contributed by atoms with Crippen LogP contribution in [0.3, 0.4) is 0 Å². The Hall–Kier alpha value is -3.63. The van der Waals surface area contributed by atoms with E-state index in [0.29, 0.717) is 19.3 Å². The highest BCUT2D eigenvalue weighted by Gasteiger charge is 2.51. The Kier molecular flexibility index (Phi) is 5.57. The molecule has 7 heteroatoms. The van der Waals surface area contributed by atoms with E-state index in [-0.39, 0.29) is 23.6 Å². The first kappa shape index (κ1) is 22.8. The van der Waals surface area contributed by atoms with Gasteiger partial charge in [-0.1, -0.05) is 0 Å². The highest BCUT2D eigenvalue weighted by Crippen LogP contribution is 2.54. The number of halogens is 1. The summed E-state index contributed by atoms with van der Waals surface area (Å²) >= 11 is 0. The third-order valence-corrected chi connectivity index (χ3v) is 8.34. The van der Waals surface area contributed by atoms with E-state index < -0.39 is 5.60 Å². The minimum absolute atomic E-state index is 0.164. The summed E-state index contributed by atoms with van der Waals surface area (Å²) in [6, 6.07) is 15.0. The molecular weight excluding hydrogens is 453 g/mol. The third-order valence-electron chi connectivity index (χ3n) is 8.34. The first-order valence-corrected chi connectivity index (χ1v) is 12.6. The first-order valence-electron chi connectivity index (χ1n) is 12.6. The van der Waals surface area contributed by atoms with Crippen molar-refractivity contribution in [3.63, 3.8) is 0 Å². The fourth-order valence-corrected chi connectivity index (χ4v) is 6.60. The predicted octanol–water partition coefficient (Wildman–Crippen LogP) is 5.22. The predicted molar refractivity (Wildman–Crippen MR) is 134 cm³/mol. The number of nitriles is 1. The normalized spacial score (nSPS) is 25.5. The van der Waals surface area contributed by atoms with Crippen LogP contribution in [0.5, 0.6) is 0 Å². The van der Waals surface area contributed by atoms with E-state index in [4.69, 9.17) is 0 Å². The van der Waals surface area contributed by atoms with Gasteiger partial charge in [0, 0.05) is 29.6 Å². The van der Waals surface area contributed by atoms with Crippen molar-refractivity contribution in [1.29, 1.82) is 5.26 Å². The number of hydrogen-bond donors (Lipinski definition) is 1. The highest BCUT2D eigenvalue weighted by molar-refractivity contribution is 5.82. The molecule has 1 saturated carbocycles. The maximum Gasteiger partial charge on any atom is 0.129 e. The van der Waals surface area contributed by atoms with E-state index in [9.17, 15) is 14.8 Å². The van der Waals surface area contributed by atoms with Gasteiger partial charge in [-0.05, 0) is 98.0 Å².